The maximum atomic E-state index is 11.5. The molecule has 0 aliphatic heterocycles. The quantitative estimate of drug-likeness (QED) is 0.827. The van der Waals surface area contributed by atoms with E-state index in [1.165, 1.54) is 13.1 Å². The molecule has 0 amide bonds. The molecule has 1 N–H and O–H groups in total. The number of allylic oxidation sites excluding steroid dienone is 1. The van der Waals surface area contributed by atoms with Crippen molar-refractivity contribution in [3.05, 3.63) is 41.6 Å². The van der Waals surface area contributed by atoms with Gasteiger partial charge in [-0.2, -0.15) is 0 Å². The van der Waals surface area contributed by atoms with Gasteiger partial charge in [0.1, 0.15) is 0 Å². The van der Waals surface area contributed by atoms with Crippen LogP contribution in [0.2, 0.25) is 0 Å². The van der Waals surface area contributed by atoms with Crippen molar-refractivity contribution in [3.63, 3.8) is 0 Å². The summed E-state index contributed by atoms with van der Waals surface area (Å²) in [7, 11) is -3.35. The minimum absolute atomic E-state index is 0.185. The van der Waals surface area contributed by atoms with Crippen molar-refractivity contribution < 1.29 is 13.2 Å². The lowest BCUT2D eigenvalue weighted by atomic mass is 9.99. The summed E-state index contributed by atoms with van der Waals surface area (Å²) in [6.07, 6.45) is 2.28. The predicted octanol–water partition coefficient (Wildman–Crippen LogP) is 1.47. The molecule has 0 aliphatic carbocycles. The second-order valence-electron chi connectivity index (χ2n) is 3.82. The van der Waals surface area contributed by atoms with Gasteiger partial charge in [0.2, 0.25) is 10.0 Å². The van der Waals surface area contributed by atoms with Crippen LogP contribution >= 0.6 is 0 Å². The van der Waals surface area contributed by atoms with Crippen LogP contribution in [0.4, 0.5) is 0 Å². The molecular formula is C12H15NO3S. The Hall–Kier alpha value is -1.62. The molecule has 1 aromatic carbocycles. The van der Waals surface area contributed by atoms with Crippen LogP contribution in [0.15, 0.2) is 30.5 Å². The first-order chi connectivity index (χ1) is 7.81. The Bertz CT molecular complexity index is 559. The number of ketones is 1. The van der Waals surface area contributed by atoms with Crippen molar-refractivity contribution in [3.8, 4) is 0 Å². The van der Waals surface area contributed by atoms with Crippen LogP contribution in [-0.4, -0.2) is 20.5 Å². The molecule has 0 atom stereocenters. The zero-order chi connectivity index (χ0) is 13.1. The minimum atomic E-state index is -3.35. The first kappa shape index (κ1) is 13.4. The van der Waals surface area contributed by atoms with Crippen LogP contribution in [0, 0.1) is 6.92 Å². The molecule has 4 nitrogen and oxygen atoms in total. The molecule has 0 radical (unpaired) electrons. The van der Waals surface area contributed by atoms with Gasteiger partial charge in [0.05, 0.1) is 6.26 Å². The molecular weight excluding hydrogens is 238 g/mol. The predicted molar refractivity (Wildman–Crippen MR) is 67.8 cm³/mol. The molecule has 1 rings (SSSR count). The fourth-order valence-corrected chi connectivity index (χ4v) is 1.74. The number of aryl methyl sites for hydroxylation is 1. The van der Waals surface area contributed by atoms with E-state index >= 15 is 0 Å². The minimum Gasteiger partial charge on any atom is -0.294 e. The summed E-state index contributed by atoms with van der Waals surface area (Å²) in [4.78, 5) is 11.5. The smallest absolute Gasteiger partial charge is 0.229 e. The van der Waals surface area contributed by atoms with Crippen LogP contribution in [-0.2, 0) is 14.8 Å². The normalized spacial score (nSPS) is 12.3. The van der Waals surface area contributed by atoms with Crippen LogP contribution in [0.3, 0.4) is 0 Å². The summed E-state index contributed by atoms with van der Waals surface area (Å²) in [5.74, 6) is -0.185. The maximum Gasteiger partial charge on any atom is 0.229 e. The molecule has 0 saturated carbocycles. The van der Waals surface area contributed by atoms with Crippen LogP contribution in [0.5, 0.6) is 0 Å². The van der Waals surface area contributed by atoms with E-state index in [4.69, 9.17) is 0 Å². The summed E-state index contributed by atoms with van der Waals surface area (Å²) in [6.45, 7) is 3.27. The fraction of sp³-hybridized carbons (Fsp3) is 0.250. The van der Waals surface area contributed by atoms with Crippen molar-refractivity contribution in [1.82, 2.24) is 4.72 Å². The third kappa shape index (κ3) is 4.03. The molecule has 0 aromatic heterocycles. The lowest BCUT2D eigenvalue weighted by Crippen LogP contribution is -2.17. The number of carbonyl (C=O) groups is 1. The highest BCUT2D eigenvalue weighted by molar-refractivity contribution is 7.88. The monoisotopic (exact) mass is 253 g/mol. The average molecular weight is 253 g/mol. The van der Waals surface area contributed by atoms with E-state index in [1.54, 1.807) is 12.1 Å². The van der Waals surface area contributed by atoms with Gasteiger partial charge in [0.25, 0.3) is 0 Å². The second kappa shape index (κ2) is 5.14. The largest absolute Gasteiger partial charge is 0.294 e. The highest BCUT2D eigenvalue weighted by Gasteiger charge is 2.10. The van der Waals surface area contributed by atoms with Crippen LogP contribution in [0.25, 0.3) is 5.57 Å². The Labute approximate surface area is 101 Å². The highest BCUT2D eigenvalue weighted by Crippen LogP contribution is 2.18. The van der Waals surface area contributed by atoms with Crippen LogP contribution in [0.1, 0.15) is 18.1 Å². The SMILES string of the molecule is CC(=O)/C(=C\NS(C)(=O)=O)c1ccccc1C. The summed E-state index contributed by atoms with van der Waals surface area (Å²) in [6, 6.07) is 7.32. The number of nitrogens with one attached hydrogen (secondary N) is 1. The Balaban J connectivity index is 3.20. The summed E-state index contributed by atoms with van der Waals surface area (Å²) >= 11 is 0. The number of hydrogen-bond donors (Lipinski definition) is 1. The van der Waals surface area contributed by atoms with E-state index in [9.17, 15) is 13.2 Å². The Morgan fingerprint density at radius 2 is 1.88 bits per heavy atom. The van der Waals surface area contributed by atoms with Gasteiger partial charge in [-0.15, -0.1) is 0 Å². The van der Waals surface area contributed by atoms with Gasteiger partial charge < -0.3 is 0 Å². The zero-order valence-electron chi connectivity index (χ0n) is 10.0. The molecule has 0 fully saturated rings. The lowest BCUT2D eigenvalue weighted by molar-refractivity contribution is -0.111. The number of sulfonamides is 1. The third-order valence-electron chi connectivity index (χ3n) is 2.23. The Kier molecular flexibility index (Phi) is 4.07. The van der Waals surface area contributed by atoms with Crippen molar-refractivity contribution in [2.45, 2.75) is 13.8 Å². The third-order valence-corrected chi connectivity index (χ3v) is 2.78. The van der Waals surface area contributed by atoms with Crippen molar-refractivity contribution in [1.29, 1.82) is 0 Å². The summed E-state index contributed by atoms with van der Waals surface area (Å²) in [5, 5.41) is 0. The molecule has 1 aromatic rings. The molecule has 92 valence electrons. The van der Waals surface area contributed by atoms with Gasteiger partial charge in [0.15, 0.2) is 5.78 Å². The van der Waals surface area contributed by atoms with Gasteiger partial charge in [-0.05, 0) is 25.0 Å². The topological polar surface area (TPSA) is 63.2 Å². The van der Waals surface area contributed by atoms with E-state index < -0.39 is 10.0 Å². The van der Waals surface area contributed by atoms with E-state index in [0.29, 0.717) is 5.57 Å². The van der Waals surface area contributed by atoms with Gasteiger partial charge >= 0.3 is 0 Å². The van der Waals surface area contributed by atoms with Crippen molar-refractivity contribution in [2.75, 3.05) is 6.26 Å². The highest BCUT2D eigenvalue weighted by atomic mass is 32.2. The van der Waals surface area contributed by atoms with Gasteiger partial charge in [-0.25, -0.2) is 8.42 Å². The number of Topliss-reactive ketones (excluding diaryl/α,β-unsaturated/α-hetero) is 1. The molecule has 0 aliphatic rings. The first-order valence-corrected chi connectivity index (χ1v) is 6.95. The molecule has 0 heterocycles. The summed E-state index contributed by atoms with van der Waals surface area (Å²) in [5.41, 5.74) is 2.01. The number of carbonyl (C=O) groups excluding carboxylic acids is 1. The fourth-order valence-electron chi connectivity index (χ4n) is 1.41. The van der Waals surface area contributed by atoms with Gasteiger partial charge in [-0.3, -0.25) is 9.52 Å². The van der Waals surface area contributed by atoms with Crippen LogP contribution < -0.4 is 4.72 Å². The van der Waals surface area contributed by atoms with Crippen molar-refractivity contribution >= 4 is 21.4 Å². The Morgan fingerprint density at radius 3 is 2.35 bits per heavy atom. The van der Waals surface area contributed by atoms with E-state index in [0.717, 1.165) is 17.4 Å². The summed E-state index contributed by atoms with van der Waals surface area (Å²) < 4.78 is 24.2. The zero-order valence-corrected chi connectivity index (χ0v) is 10.8. The van der Waals surface area contributed by atoms with Crippen molar-refractivity contribution in [2.24, 2.45) is 0 Å². The van der Waals surface area contributed by atoms with Gasteiger partial charge in [-0.1, -0.05) is 24.3 Å². The Morgan fingerprint density at radius 1 is 1.29 bits per heavy atom. The van der Waals surface area contributed by atoms with E-state index in [1.807, 2.05) is 19.1 Å². The molecule has 0 spiro atoms. The molecule has 0 bridgehead atoms. The lowest BCUT2D eigenvalue weighted by Gasteiger charge is -2.08. The van der Waals surface area contributed by atoms with E-state index in [2.05, 4.69) is 4.72 Å². The second-order valence-corrected chi connectivity index (χ2v) is 5.60. The average Bonchev–Trinajstić information content (AvgIpc) is 2.18. The number of rotatable bonds is 4. The number of hydrogen-bond acceptors (Lipinski definition) is 3. The van der Waals surface area contributed by atoms with E-state index in [-0.39, 0.29) is 5.78 Å². The standard InChI is InChI=1S/C12H15NO3S/c1-9-6-4-5-7-11(9)12(10(2)14)8-13-17(3,15)16/h4-8,13H,1-3H3/b12-8+. The first-order valence-electron chi connectivity index (χ1n) is 5.05. The number of benzene rings is 1. The maximum absolute atomic E-state index is 11.5. The molecule has 17 heavy (non-hydrogen) atoms. The molecule has 0 unspecified atom stereocenters. The van der Waals surface area contributed by atoms with Gasteiger partial charge in [0, 0.05) is 11.8 Å². The molecule has 0 saturated heterocycles. The molecule has 5 heteroatoms.